The first-order valence-electron chi connectivity index (χ1n) is 7.95. The summed E-state index contributed by atoms with van der Waals surface area (Å²) in [5.74, 6) is -0.498. The maximum atomic E-state index is 15.2. The van der Waals surface area contributed by atoms with Crippen LogP contribution in [0, 0.1) is 5.82 Å². The highest BCUT2D eigenvalue weighted by atomic mass is 35.5. The summed E-state index contributed by atoms with van der Waals surface area (Å²) in [7, 11) is 0. The molecule has 0 N–H and O–H groups in total. The molecule has 1 aromatic heterocycles. The Morgan fingerprint density at radius 3 is 2.54 bits per heavy atom. The molecule has 2 unspecified atom stereocenters. The van der Waals surface area contributed by atoms with Crippen LogP contribution in [0.1, 0.15) is 25.7 Å². The molecule has 1 aromatic carbocycles. The molecule has 0 radical (unpaired) electrons. The number of nitrogens with zero attached hydrogens (tertiary/aromatic N) is 2. The number of hydrogen-bond acceptors (Lipinski definition) is 6. The van der Waals surface area contributed by atoms with E-state index in [4.69, 9.17) is 30.3 Å². The molecule has 24 heavy (non-hydrogen) atoms. The molecule has 0 spiro atoms. The number of aromatic nitrogens is 1. The Hall–Kier alpha value is -1.41. The largest absolute Gasteiger partial charge is 0.372 e. The van der Waals surface area contributed by atoms with Crippen molar-refractivity contribution in [1.29, 1.82) is 0 Å². The quantitative estimate of drug-likeness (QED) is 0.823. The van der Waals surface area contributed by atoms with Crippen molar-refractivity contribution < 1.29 is 23.1 Å². The molecule has 130 valence electrons. The molecule has 2 fully saturated rings. The molecule has 2 aliphatic rings. The first-order valence-corrected chi connectivity index (χ1v) is 8.33. The Balaban J connectivity index is 1.87. The molecule has 8 heteroatoms. The normalized spacial score (nSPS) is 25.8. The number of fused-ring (bicyclic) bond motifs is 1. The van der Waals surface area contributed by atoms with Crippen molar-refractivity contribution in [3.63, 3.8) is 0 Å². The number of hydrogen-bond donors (Lipinski definition) is 0. The summed E-state index contributed by atoms with van der Waals surface area (Å²) >= 11 is 6.02. The minimum absolute atomic E-state index is 0.0135. The third-order valence-corrected chi connectivity index (χ3v) is 4.55. The first-order chi connectivity index (χ1) is 11.5. The average molecular weight is 357 g/mol. The third kappa shape index (κ3) is 2.65. The van der Waals surface area contributed by atoms with Gasteiger partial charge in [0.15, 0.2) is 17.3 Å². The van der Waals surface area contributed by atoms with Crippen LogP contribution in [-0.4, -0.2) is 43.7 Å². The van der Waals surface area contributed by atoms with Gasteiger partial charge in [0.25, 0.3) is 0 Å². The number of anilines is 1. The van der Waals surface area contributed by atoms with Gasteiger partial charge in [-0.15, -0.1) is 0 Å². The van der Waals surface area contributed by atoms with Crippen LogP contribution in [0.2, 0.25) is 5.15 Å². The first kappa shape index (κ1) is 16.1. The third-order valence-electron chi connectivity index (χ3n) is 4.28. The standard InChI is InChI=1S/C16H18ClFN2O4/c1-8-6-20(7-9(2)23-8)13-10(16-21-3-4-22-16)5-11-14(12(13)18)24-19-15(11)17/h5,8-9,16H,3-4,6-7H2,1-2H3. The second-order valence-electron chi connectivity index (χ2n) is 6.21. The fraction of sp³-hybridized carbons (Fsp3) is 0.562. The summed E-state index contributed by atoms with van der Waals surface area (Å²) in [5, 5.41) is 4.21. The zero-order valence-corrected chi connectivity index (χ0v) is 14.2. The predicted molar refractivity (Wildman–Crippen MR) is 85.8 cm³/mol. The van der Waals surface area contributed by atoms with E-state index in [0.717, 1.165) is 0 Å². The number of rotatable bonds is 2. The van der Waals surface area contributed by atoms with Crippen LogP contribution >= 0.6 is 11.6 Å². The van der Waals surface area contributed by atoms with E-state index in [-0.39, 0.29) is 22.9 Å². The van der Waals surface area contributed by atoms with Gasteiger partial charge in [-0.2, -0.15) is 0 Å². The van der Waals surface area contributed by atoms with Crippen LogP contribution in [0.5, 0.6) is 0 Å². The molecule has 2 aromatic rings. The summed E-state index contributed by atoms with van der Waals surface area (Å²) in [6, 6.07) is 1.74. The topological polar surface area (TPSA) is 57.0 Å². The molecular weight excluding hydrogens is 339 g/mol. The Morgan fingerprint density at radius 2 is 1.88 bits per heavy atom. The van der Waals surface area contributed by atoms with E-state index in [1.165, 1.54) is 0 Å². The zero-order valence-electron chi connectivity index (χ0n) is 13.4. The fourth-order valence-electron chi connectivity index (χ4n) is 3.42. The highest BCUT2D eigenvalue weighted by Gasteiger charge is 2.33. The van der Waals surface area contributed by atoms with E-state index in [9.17, 15) is 0 Å². The maximum absolute atomic E-state index is 15.2. The minimum Gasteiger partial charge on any atom is -0.372 e. The lowest BCUT2D eigenvalue weighted by molar-refractivity contribution is -0.0445. The van der Waals surface area contributed by atoms with Crippen molar-refractivity contribution in [2.45, 2.75) is 32.3 Å². The zero-order chi connectivity index (χ0) is 16.8. The molecule has 0 aliphatic carbocycles. The van der Waals surface area contributed by atoms with Gasteiger partial charge >= 0.3 is 0 Å². The van der Waals surface area contributed by atoms with Gasteiger partial charge in [0.05, 0.1) is 36.5 Å². The van der Waals surface area contributed by atoms with E-state index in [0.29, 0.717) is 42.9 Å². The molecule has 2 aliphatic heterocycles. The smallest absolute Gasteiger partial charge is 0.206 e. The van der Waals surface area contributed by atoms with Crippen molar-refractivity contribution in [2.24, 2.45) is 0 Å². The van der Waals surface area contributed by atoms with Gasteiger partial charge in [0.1, 0.15) is 0 Å². The molecule has 0 bridgehead atoms. The van der Waals surface area contributed by atoms with Crippen molar-refractivity contribution in [3.05, 3.63) is 22.6 Å². The van der Waals surface area contributed by atoms with E-state index >= 15 is 4.39 Å². The van der Waals surface area contributed by atoms with Crippen molar-refractivity contribution >= 4 is 28.3 Å². The Bertz CT molecular complexity index is 752. The van der Waals surface area contributed by atoms with Crippen molar-refractivity contribution in [2.75, 3.05) is 31.2 Å². The van der Waals surface area contributed by atoms with Gasteiger partial charge < -0.3 is 23.6 Å². The highest BCUT2D eigenvalue weighted by molar-refractivity contribution is 6.34. The van der Waals surface area contributed by atoms with Crippen LogP contribution in [0.25, 0.3) is 11.0 Å². The average Bonchev–Trinajstić information content (AvgIpc) is 3.16. The number of ether oxygens (including phenoxy) is 3. The van der Waals surface area contributed by atoms with Crippen LogP contribution in [0.4, 0.5) is 10.1 Å². The molecule has 2 saturated heterocycles. The lowest BCUT2D eigenvalue weighted by Gasteiger charge is -2.38. The summed E-state index contributed by atoms with van der Waals surface area (Å²) in [4.78, 5) is 1.95. The lowest BCUT2D eigenvalue weighted by Crippen LogP contribution is -2.46. The van der Waals surface area contributed by atoms with E-state index in [1.54, 1.807) is 6.07 Å². The predicted octanol–water partition coefficient (Wildman–Crippen LogP) is 3.28. The minimum atomic E-state index is -0.627. The Morgan fingerprint density at radius 1 is 1.21 bits per heavy atom. The fourth-order valence-corrected chi connectivity index (χ4v) is 3.59. The van der Waals surface area contributed by atoms with Gasteiger partial charge in [0, 0.05) is 18.7 Å². The van der Waals surface area contributed by atoms with Crippen molar-refractivity contribution in [3.8, 4) is 0 Å². The molecule has 0 amide bonds. The Labute approximate surface area is 143 Å². The van der Waals surface area contributed by atoms with Gasteiger partial charge in [-0.25, -0.2) is 4.39 Å². The molecular formula is C16H18ClFN2O4. The second kappa shape index (κ2) is 6.15. The lowest BCUT2D eigenvalue weighted by atomic mass is 10.1. The van der Waals surface area contributed by atoms with E-state index in [2.05, 4.69) is 5.16 Å². The highest BCUT2D eigenvalue weighted by Crippen LogP contribution is 2.40. The van der Waals surface area contributed by atoms with Crippen LogP contribution in [0.15, 0.2) is 10.6 Å². The SMILES string of the molecule is CC1CN(c2c(C3OCCO3)cc3c(Cl)noc3c2F)CC(C)O1. The maximum Gasteiger partial charge on any atom is 0.206 e. The van der Waals surface area contributed by atoms with E-state index in [1.807, 2.05) is 18.7 Å². The van der Waals surface area contributed by atoms with E-state index < -0.39 is 12.1 Å². The summed E-state index contributed by atoms with van der Waals surface area (Å²) in [5.41, 5.74) is 1.05. The second-order valence-corrected chi connectivity index (χ2v) is 6.57. The molecule has 2 atom stereocenters. The molecule has 3 heterocycles. The monoisotopic (exact) mass is 356 g/mol. The van der Waals surface area contributed by atoms with Crippen LogP contribution in [-0.2, 0) is 14.2 Å². The number of morpholine rings is 1. The van der Waals surface area contributed by atoms with Crippen LogP contribution < -0.4 is 4.90 Å². The van der Waals surface area contributed by atoms with Gasteiger partial charge in [0.2, 0.25) is 5.58 Å². The van der Waals surface area contributed by atoms with Gasteiger partial charge in [-0.1, -0.05) is 16.8 Å². The summed E-state index contributed by atoms with van der Waals surface area (Å²) in [6.07, 6.45) is -0.654. The summed E-state index contributed by atoms with van der Waals surface area (Å²) < 4.78 is 37.3. The van der Waals surface area contributed by atoms with Crippen LogP contribution in [0.3, 0.4) is 0 Å². The van der Waals surface area contributed by atoms with Crippen molar-refractivity contribution in [1.82, 2.24) is 5.16 Å². The number of halogens is 2. The number of benzene rings is 1. The molecule has 0 saturated carbocycles. The summed E-state index contributed by atoms with van der Waals surface area (Å²) in [6.45, 7) is 6.00. The molecule has 6 nitrogen and oxygen atoms in total. The molecule has 4 rings (SSSR count). The Kier molecular flexibility index (Phi) is 4.12. The van der Waals surface area contributed by atoms with Gasteiger partial charge in [-0.05, 0) is 19.9 Å². The van der Waals surface area contributed by atoms with Gasteiger partial charge in [-0.3, -0.25) is 0 Å².